The first kappa shape index (κ1) is 11.9. The fraction of sp³-hybridized carbons (Fsp3) is 0.333. The van der Waals surface area contributed by atoms with Crippen molar-refractivity contribution in [3.63, 3.8) is 0 Å². The van der Waals surface area contributed by atoms with E-state index >= 15 is 0 Å². The van der Waals surface area contributed by atoms with Crippen molar-refractivity contribution >= 4 is 0 Å². The molecule has 2 rings (SSSR count). The van der Waals surface area contributed by atoms with E-state index in [9.17, 15) is 0 Å². The molecule has 0 atom stereocenters. The Balaban J connectivity index is 1.83. The minimum Gasteiger partial charge on any atom is -0.367 e. The molecule has 1 heterocycles. The van der Waals surface area contributed by atoms with Gasteiger partial charge in [-0.3, -0.25) is 0 Å². The Morgan fingerprint density at radius 1 is 1.00 bits per heavy atom. The third-order valence-corrected chi connectivity index (χ3v) is 2.97. The fourth-order valence-electron chi connectivity index (χ4n) is 1.84. The summed E-state index contributed by atoms with van der Waals surface area (Å²) in [6, 6.07) is 10.9. The summed E-state index contributed by atoms with van der Waals surface area (Å²) < 4.78 is 0. The molecule has 17 heavy (non-hydrogen) atoms. The summed E-state index contributed by atoms with van der Waals surface area (Å²) in [6.45, 7) is 6.28. The summed E-state index contributed by atoms with van der Waals surface area (Å²) in [7, 11) is 0. The van der Waals surface area contributed by atoms with E-state index in [-0.39, 0.29) is 0 Å². The second-order valence-electron chi connectivity index (χ2n) is 4.72. The second kappa shape index (κ2) is 5.69. The molecule has 0 aliphatic carbocycles. The minimum absolute atomic E-state index is 0.608. The Labute approximate surface area is 103 Å². The van der Waals surface area contributed by atoms with Crippen LogP contribution in [0.4, 0.5) is 0 Å². The molecular weight excluding hydrogens is 208 g/mol. The van der Waals surface area contributed by atoms with Crippen molar-refractivity contribution in [1.29, 1.82) is 0 Å². The van der Waals surface area contributed by atoms with Gasteiger partial charge in [-0.2, -0.15) is 0 Å². The van der Waals surface area contributed by atoms with Crippen LogP contribution in [-0.4, -0.2) is 4.98 Å². The summed E-state index contributed by atoms with van der Waals surface area (Å²) in [5.41, 5.74) is 4.04. The standard InChI is InChI=1S/C15H20N2/c1-12(2)15-5-3-13(4-6-15)9-17-11-14-7-8-16-10-14/h3-8,10,12,16-17H,9,11H2,1-2H3. The zero-order valence-electron chi connectivity index (χ0n) is 10.5. The first-order valence-corrected chi connectivity index (χ1v) is 6.17. The largest absolute Gasteiger partial charge is 0.367 e. The smallest absolute Gasteiger partial charge is 0.0223 e. The molecule has 90 valence electrons. The van der Waals surface area contributed by atoms with Crippen LogP contribution in [0.2, 0.25) is 0 Å². The number of H-pyrrole nitrogens is 1. The van der Waals surface area contributed by atoms with Gasteiger partial charge in [0.15, 0.2) is 0 Å². The first-order chi connectivity index (χ1) is 8.25. The lowest BCUT2D eigenvalue weighted by Crippen LogP contribution is -2.12. The van der Waals surface area contributed by atoms with Crippen LogP contribution in [-0.2, 0) is 13.1 Å². The molecule has 0 unspecified atom stereocenters. The number of hydrogen-bond acceptors (Lipinski definition) is 1. The number of aromatic nitrogens is 1. The van der Waals surface area contributed by atoms with Crippen molar-refractivity contribution in [3.05, 3.63) is 59.4 Å². The second-order valence-corrected chi connectivity index (χ2v) is 4.72. The molecule has 0 radical (unpaired) electrons. The quantitative estimate of drug-likeness (QED) is 0.806. The van der Waals surface area contributed by atoms with E-state index in [1.54, 1.807) is 0 Å². The predicted octanol–water partition coefficient (Wildman–Crippen LogP) is 3.43. The Morgan fingerprint density at radius 2 is 1.71 bits per heavy atom. The summed E-state index contributed by atoms with van der Waals surface area (Å²) in [6.07, 6.45) is 3.98. The molecule has 2 aromatic rings. The molecular formula is C15H20N2. The Morgan fingerprint density at radius 3 is 2.29 bits per heavy atom. The van der Waals surface area contributed by atoms with E-state index in [1.807, 2.05) is 12.4 Å². The van der Waals surface area contributed by atoms with E-state index in [0.717, 1.165) is 13.1 Å². The highest BCUT2D eigenvalue weighted by molar-refractivity contribution is 5.24. The van der Waals surface area contributed by atoms with E-state index in [1.165, 1.54) is 16.7 Å². The number of hydrogen-bond donors (Lipinski definition) is 2. The number of benzene rings is 1. The highest BCUT2D eigenvalue weighted by Gasteiger charge is 1.99. The topological polar surface area (TPSA) is 27.8 Å². The molecule has 2 N–H and O–H groups in total. The molecule has 1 aromatic carbocycles. The molecule has 0 saturated carbocycles. The lowest BCUT2D eigenvalue weighted by atomic mass is 10.0. The van der Waals surface area contributed by atoms with Crippen LogP contribution in [0.3, 0.4) is 0 Å². The molecule has 0 fully saturated rings. The summed E-state index contributed by atoms with van der Waals surface area (Å²) in [5.74, 6) is 0.608. The van der Waals surface area contributed by atoms with Gasteiger partial charge in [-0.15, -0.1) is 0 Å². The van der Waals surface area contributed by atoms with E-state index in [2.05, 4.69) is 54.5 Å². The Bertz CT molecular complexity index is 426. The zero-order valence-corrected chi connectivity index (χ0v) is 10.5. The molecule has 0 saturated heterocycles. The molecule has 0 aliphatic rings. The van der Waals surface area contributed by atoms with Crippen molar-refractivity contribution < 1.29 is 0 Å². The summed E-state index contributed by atoms with van der Waals surface area (Å²) in [5, 5.41) is 3.43. The van der Waals surface area contributed by atoms with Crippen molar-refractivity contribution in [3.8, 4) is 0 Å². The van der Waals surface area contributed by atoms with Gasteiger partial charge in [0, 0.05) is 25.5 Å². The van der Waals surface area contributed by atoms with Gasteiger partial charge in [-0.05, 0) is 28.7 Å². The average molecular weight is 228 g/mol. The number of nitrogens with one attached hydrogen (secondary N) is 2. The van der Waals surface area contributed by atoms with Gasteiger partial charge >= 0.3 is 0 Å². The third kappa shape index (κ3) is 3.46. The van der Waals surface area contributed by atoms with Gasteiger partial charge in [0.25, 0.3) is 0 Å². The van der Waals surface area contributed by atoms with Gasteiger partial charge in [0.05, 0.1) is 0 Å². The van der Waals surface area contributed by atoms with Crippen molar-refractivity contribution in [1.82, 2.24) is 10.3 Å². The monoisotopic (exact) mass is 228 g/mol. The van der Waals surface area contributed by atoms with Crippen LogP contribution < -0.4 is 5.32 Å². The zero-order chi connectivity index (χ0) is 12.1. The Kier molecular flexibility index (Phi) is 3.99. The van der Waals surface area contributed by atoms with E-state index in [0.29, 0.717) is 5.92 Å². The molecule has 2 heteroatoms. The van der Waals surface area contributed by atoms with Gasteiger partial charge in [-0.1, -0.05) is 38.1 Å². The van der Waals surface area contributed by atoms with Crippen LogP contribution in [0.25, 0.3) is 0 Å². The highest BCUT2D eigenvalue weighted by atomic mass is 14.9. The summed E-state index contributed by atoms with van der Waals surface area (Å²) >= 11 is 0. The van der Waals surface area contributed by atoms with Gasteiger partial charge in [0.2, 0.25) is 0 Å². The SMILES string of the molecule is CC(C)c1ccc(CNCc2cc[nH]c2)cc1. The maximum Gasteiger partial charge on any atom is 0.0223 e. The molecule has 1 aromatic heterocycles. The Hall–Kier alpha value is -1.54. The van der Waals surface area contributed by atoms with Crippen LogP contribution in [0.5, 0.6) is 0 Å². The van der Waals surface area contributed by atoms with Gasteiger partial charge < -0.3 is 10.3 Å². The summed E-state index contributed by atoms with van der Waals surface area (Å²) in [4.78, 5) is 3.06. The maximum absolute atomic E-state index is 3.43. The van der Waals surface area contributed by atoms with Gasteiger partial charge in [0.1, 0.15) is 0 Å². The fourth-order valence-corrected chi connectivity index (χ4v) is 1.84. The molecule has 0 spiro atoms. The molecule has 0 aliphatic heterocycles. The van der Waals surface area contributed by atoms with Crippen molar-refractivity contribution in [2.45, 2.75) is 32.9 Å². The minimum atomic E-state index is 0.608. The van der Waals surface area contributed by atoms with Crippen LogP contribution in [0, 0.1) is 0 Å². The lowest BCUT2D eigenvalue weighted by Gasteiger charge is -2.07. The predicted molar refractivity (Wildman–Crippen MR) is 71.9 cm³/mol. The molecule has 0 bridgehead atoms. The van der Waals surface area contributed by atoms with Crippen LogP contribution in [0.15, 0.2) is 42.7 Å². The lowest BCUT2D eigenvalue weighted by molar-refractivity contribution is 0.693. The molecule has 2 nitrogen and oxygen atoms in total. The van der Waals surface area contributed by atoms with Crippen LogP contribution in [0.1, 0.15) is 36.5 Å². The number of rotatable bonds is 5. The van der Waals surface area contributed by atoms with Crippen molar-refractivity contribution in [2.75, 3.05) is 0 Å². The van der Waals surface area contributed by atoms with E-state index in [4.69, 9.17) is 0 Å². The van der Waals surface area contributed by atoms with Gasteiger partial charge in [-0.25, -0.2) is 0 Å². The van der Waals surface area contributed by atoms with E-state index < -0.39 is 0 Å². The maximum atomic E-state index is 3.43. The van der Waals surface area contributed by atoms with Crippen LogP contribution >= 0.6 is 0 Å². The normalized spacial score (nSPS) is 11.0. The average Bonchev–Trinajstić information content (AvgIpc) is 2.83. The third-order valence-electron chi connectivity index (χ3n) is 2.97. The molecule has 0 amide bonds. The van der Waals surface area contributed by atoms with Crippen molar-refractivity contribution in [2.24, 2.45) is 0 Å². The highest BCUT2D eigenvalue weighted by Crippen LogP contribution is 2.14. The number of aromatic amines is 1. The first-order valence-electron chi connectivity index (χ1n) is 6.17.